The maximum absolute atomic E-state index is 9.64. The largest absolute Gasteiger partial charge is 0.454 e. The molecule has 2 aromatic carbocycles. The summed E-state index contributed by atoms with van der Waals surface area (Å²) >= 11 is 0. The Hall–Kier alpha value is -3.85. The summed E-state index contributed by atoms with van der Waals surface area (Å²) in [4.78, 5) is 9.22. The summed E-state index contributed by atoms with van der Waals surface area (Å²) in [5.74, 6) is 2.38. The fraction of sp³-hybridized carbons (Fsp3) is 0.190. The van der Waals surface area contributed by atoms with E-state index in [0.717, 1.165) is 16.8 Å². The topological polar surface area (TPSA) is 106 Å². The first-order valence-corrected chi connectivity index (χ1v) is 9.57. The molecule has 1 atom stereocenters. The van der Waals surface area contributed by atoms with Crippen molar-refractivity contribution in [3.63, 3.8) is 0 Å². The van der Waals surface area contributed by atoms with E-state index < -0.39 is 6.10 Å². The van der Waals surface area contributed by atoms with Crippen molar-refractivity contribution < 1.29 is 14.6 Å². The molecule has 3 N–H and O–H groups in total. The molecule has 1 aliphatic rings. The van der Waals surface area contributed by atoms with E-state index in [1.807, 2.05) is 48.5 Å². The summed E-state index contributed by atoms with van der Waals surface area (Å²) in [6.07, 6.45) is 1.20. The van der Waals surface area contributed by atoms with E-state index in [1.165, 1.54) is 0 Å². The van der Waals surface area contributed by atoms with Gasteiger partial charge < -0.3 is 25.2 Å². The summed E-state index contributed by atoms with van der Waals surface area (Å²) in [6, 6.07) is 15.4. The highest BCUT2D eigenvalue weighted by molar-refractivity contribution is 5.90. The fourth-order valence-electron chi connectivity index (χ4n) is 3.19. The lowest BCUT2D eigenvalue weighted by Gasteiger charge is -2.12. The number of fused-ring (bicyclic) bond motifs is 2. The first-order chi connectivity index (χ1) is 14.7. The molecule has 0 fully saturated rings. The third kappa shape index (κ3) is 3.46. The number of nitrogens with one attached hydrogen (secondary N) is 2. The van der Waals surface area contributed by atoms with Gasteiger partial charge in [-0.1, -0.05) is 18.2 Å². The normalized spacial score (nSPS) is 13.4. The summed E-state index contributed by atoms with van der Waals surface area (Å²) in [5.41, 5.74) is 2.34. The average Bonchev–Trinajstić information content (AvgIpc) is 3.39. The van der Waals surface area contributed by atoms with Crippen molar-refractivity contribution in [1.29, 1.82) is 0 Å². The average molecular weight is 404 g/mol. The van der Waals surface area contributed by atoms with Crippen LogP contribution in [-0.2, 0) is 0 Å². The number of ether oxygens (including phenoxy) is 2. The molecule has 1 aliphatic heterocycles. The van der Waals surface area contributed by atoms with Gasteiger partial charge in [-0.05, 0) is 31.2 Å². The van der Waals surface area contributed by atoms with Gasteiger partial charge in [-0.2, -0.15) is 15.1 Å². The van der Waals surface area contributed by atoms with Crippen molar-refractivity contribution in [2.45, 2.75) is 13.0 Å². The van der Waals surface area contributed by atoms with E-state index in [9.17, 15) is 5.11 Å². The predicted molar refractivity (Wildman–Crippen MR) is 113 cm³/mol. The summed E-state index contributed by atoms with van der Waals surface area (Å²) in [7, 11) is 0. The molecule has 2 aromatic heterocycles. The van der Waals surface area contributed by atoms with Gasteiger partial charge >= 0.3 is 0 Å². The maximum Gasteiger partial charge on any atom is 0.231 e. The van der Waals surface area contributed by atoms with Crippen LogP contribution in [0.25, 0.3) is 16.7 Å². The Morgan fingerprint density at radius 3 is 2.77 bits per heavy atom. The summed E-state index contributed by atoms with van der Waals surface area (Å²) in [6.45, 7) is 2.24. The van der Waals surface area contributed by atoms with Gasteiger partial charge in [0.2, 0.25) is 12.7 Å². The molecule has 9 heteroatoms. The first-order valence-electron chi connectivity index (χ1n) is 9.57. The molecule has 0 radical (unpaired) electrons. The molecular formula is C21H20N6O3. The molecule has 0 spiro atoms. The van der Waals surface area contributed by atoms with Crippen LogP contribution in [0.3, 0.4) is 0 Å². The minimum absolute atomic E-state index is 0.216. The number of rotatable bonds is 6. The lowest BCUT2D eigenvalue weighted by molar-refractivity contribution is 0.174. The summed E-state index contributed by atoms with van der Waals surface area (Å²) < 4.78 is 12.6. The molecule has 9 nitrogen and oxygen atoms in total. The molecule has 0 bridgehead atoms. The summed E-state index contributed by atoms with van der Waals surface area (Å²) in [5, 5.41) is 21.3. The Morgan fingerprint density at radius 1 is 1.10 bits per heavy atom. The Morgan fingerprint density at radius 2 is 1.93 bits per heavy atom. The molecule has 0 unspecified atom stereocenters. The van der Waals surface area contributed by atoms with Crippen LogP contribution in [0.4, 0.5) is 17.5 Å². The van der Waals surface area contributed by atoms with Gasteiger partial charge in [0.05, 0.1) is 23.4 Å². The van der Waals surface area contributed by atoms with Crippen molar-refractivity contribution in [3.05, 3.63) is 54.7 Å². The SMILES string of the molecule is C[C@@H](O)CNc1nc(Nc2ccc3c(c2)OCO3)c2cnn(-c3ccccc3)c2n1. The van der Waals surface area contributed by atoms with Crippen LogP contribution < -0.4 is 20.1 Å². The number of hydrogen-bond donors (Lipinski definition) is 3. The fourth-order valence-corrected chi connectivity index (χ4v) is 3.19. The molecule has 0 saturated heterocycles. The van der Waals surface area contributed by atoms with Gasteiger partial charge in [-0.15, -0.1) is 0 Å². The Kier molecular flexibility index (Phi) is 4.56. The lowest BCUT2D eigenvalue weighted by Crippen LogP contribution is -2.17. The van der Waals surface area contributed by atoms with Crippen LogP contribution in [0.1, 0.15) is 6.92 Å². The number of hydrogen-bond acceptors (Lipinski definition) is 8. The van der Waals surface area contributed by atoms with Crippen molar-refractivity contribution in [2.75, 3.05) is 24.0 Å². The number of aliphatic hydroxyl groups excluding tert-OH is 1. The zero-order valence-electron chi connectivity index (χ0n) is 16.2. The third-order valence-electron chi connectivity index (χ3n) is 4.62. The van der Waals surface area contributed by atoms with Crippen LogP contribution in [-0.4, -0.2) is 44.3 Å². The molecule has 30 heavy (non-hydrogen) atoms. The van der Waals surface area contributed by atoms with Crippen molar-refractivity contribution >= 4 is 28.5 Å². The second kappa shape index (κ2) is 7.53. The van der Waals surface area contributed by atoms with Crippen LogP contribution in [0.2, 0.25) is 0 Å². The van der Waals surface area contributed by atoms with E-state index >= 15 is 0 Å². The Labute approximate surface area is 172 Å². The number of aromatic nitrogens is 4. The zero-order chi connectivity index (χ0) is 20.5. The van der Waals surface area contributed by atoms with Crippen molar-refractivity contribution in [2.24, 2.45) is 0 Å². The van der Waals surface area contributed by atoms with Gasteiger partial charge in [-0.3, -0.25) is 0 Å². The number of anilines is 3. The van der Waals surface area contributed by atoms with Gasteiger partial charge in [0.25, 0.3) is 0 Å². The van der Waals surface area contributed by atoms with E-state index in [-0.39, 0.29) is 6.79 Å². The smallest absolute Gasteiger partial charge is 0.231 e. The quantitative estimate of drug-likeness (QED) is 0.450. The minimum Gasteiger partial charge on any atom is -0.454 e. The lowest BCUT2D eigenvalue weighted by atomic mass is 10.2. The molecular weight excluding hydrogens is 384 g/mol. The van der Waals surface area contributed by atoms with Crippen LogP contribution in [0.15, 0.2) is 54.7 Å². The third-order valence-corrected chi connectivity index (χ3v) is 4.62. The minimum atomic E-state index is -0.534. The Bertz CT molecular complexity index is 1190. The molecule has 4 aromatic rings. The number of aliphatic hydroxyl groups is 1. The van der Waals surface area contributed by atoms with Gasteiger partial charge in [0, 0.05) is 18.3 Å². The molecule has 0 amide bonds. The number of para-hydroxylation sites is 1. The predicted octanol–water partition coefficient (Wildman–Crippen LogP) is 3.08. The second-order valence-electron chi connectivity index (χ2n) is 6.95. The highest BCUT2D eigenvalue weighted by Gasteiger charge is 2.17. The van der Waals surface area contributed by atoms with E-state index in [0.29, 0.717) is 35.5 Å². The molecule has 5 rings (SSSR count). The van der Waals surface area contributed by atoms with E-state index in [1.54, 1.807) is 17.8 Å². The monoisotopic (exact) mass is 404 g/mol. The molecule has 3 heterocycles. The molecule has 0 saturated carbocycles. The number of nitrogens with zero attached hydrogens (tertiary/aromatic N) is 4. The Balaban J connectivity index is 1.58. The van der Waals surface area contributed by atoms with Gasteiger partial charge in [0.15, 0.2) is 17.1 Å². The van der Waals surface area contributed by atoms with Crippen LogP contribution >= 0.6 is 0 Å². The maximum atomic E-state index is 9.64. The van der Waals surface area contributed by atoms with Crippen molar-refractivity contribution in [1.82, 2.24) is 19.7 Å². The van der Waals surface area contributed by atoms with E-state index in [4.69, 9.17) is 9.47 Å². The van der Waals surface area contributed by atoms with Crippen molar-refractivity contribution in [3.8, 4) is 17.2 Å². The van der Waals surface area contributed by atoms with E-state index in [2.05, 4.69) is 25.7 Å². The standard InChI is InChI=1S/C21H20N6O3/c1-13(28)10-22-21-25-19(24-14-7-8-17-18(9-14)30-12-29-17)16-11-23-27(20(16)26-21)15-5-3-2-4-6-15/h2-9,11,13,28H,10,12H2,1H3,(H2,22,24,25,26)/t13-/m1/s1. The van der Waals surface area contributed by atoms with Crippen LogP contribution in [0.5, 0.6) is 11.5 Å². The van der Waals surface area contributed by atoms with Crippen LogP contribution in [0, 0.1) is 0 Å². The second-order valence-corrected chi connectivity index (χ2v) is 6.95. The first kappa shape index (κ1) is 18.2. The molecule has 0 aliphatic carbocycles. The highest BCUT2D eigenvalue weighted by Crippen LogP contribution is 2.36. The zero-order valence-corrected chi connectivity index (χ0v) is 16.2. The highest BCUT2D eigenvalue weighted by atomic mass is 16.7. The van der Waals surface area contributed by atoms with Gasteiger partial charge in [0.1, 0.15) is 5.82 Å². The molecule has 152 valence electrons. The van der Waals surface area contributed by atoms with Gasteiger partial charge in [-0.25, -0.2) is 4.68 Å². The number of benzene rings is 2.